The van der Waals surface area contributed by atoms with Crippen molar-refractivity contribution in [2.24, 2.45) is 5.92 Å². The smallest absolute Gasteiger partial charge is 0.308 e. The number of benzene rings is 3. The third-order valence-electron chi connectivity index (χ3n) is 8.99. The summed E-state index contributed by atoms with van der Waals surface area (Å²) in [6.07, 6.45) is 2.57. The fourth-order valence-electron chi connectivity index (χ4n) is 6.54. The number of carbonyl (C=O) groups is 2. The number of rotatable bonds is 5. The van der Waals surface area contributed by atoms with E-state index in [4.69, 9.17) is 9.47 Å². The van der Waals surface area contributed by atoms with E-state index in [1.54, 1.807) is 0 Å². The molecule has 40 heavy (non-hydrogen) atoms. The van der Waals surface area contributed by atoms with E-state index in [9.17, 15) is 14.7 Å². The monoisotopic (exact) mass is 541 g/mol. The molecule has 2 heterocycles. The Kier molecular flexibility index (Phi) is 7.49. The minimum Gasteiger partial charge on any atom is -0.477 e. The summed E-state index contributed by atoms with van der Waals surface area (Å²) in [5, 5.41) is 12.2. The molecule has 3 aromatic rings. The second-order valence-electron chi connectivity index (χ2n) is 11.5. The quantitative estimate of drug-likeness (QED) is 0.327. The first-order chi connectivity index (χ1) is 19.1. The summed E-state index contributed by atoms with van der Waals surface area (Å²) in [5.41, 5.74) is 3.27. The molecular weight excluding hydrogens is 502 g/mol. The molecule has 6 heteroatoms. The molecular formula is C34H39NO5. The molecule has 1 atom stereocenters. The fraction of sp³-hybridized carbons (Fsp3) is 0.412. The van der Waals surface area contributed by atoms with E-state index in [0.717, 1.165) is 39.1 Å². The number of aliphatic hydroxyl groups is 1. The molecule has 0 radical (unpaired) electrons. The summed E-state index contributed by atoms with van der Waals surface area (Å²) in [4.78, 5) is 27.5. The van der Waals surface area contributed by atoms with Gasteiger partial charge in [-0.3, -0.25) is 9.59 Å². The predicted molar refractivity (Wildman–Crippen MR) is 155 cm³/mol. The van der Waals surface area contributed by atoms with Crippen LogP contribution in [-0.2, 0) is 21.6 Å². The first-order valence-corrected chi connectivity index (χ1v) is 14.2. The first kappa shape index (κ1) is 27.9. The zero-order valence-electron chi connectivity index (χ0n) is 24.1. The van der Waals surface area contributed by atoms with E-state index in [2.05, 4.69) is 0 Å². The number of fused-ring (bicyclic) bond motifs is 1. The molecule has 1 amide bonds. The zero-order chi connectivity index (χ0) is 28.7. The summed E-state index contributed by atoms with van der Waals surface area (Å²) in [5.74, 6) is 0.920. The van der Waals surface area contributed by atoms with Crippen molar-refractivity contribution in [1.29, 1.82) is 0 Å². The molecule has 6 nitrogen and oxygen atoms in total. The predicted octanol–water partition coefficient (Wildman–Crippen LogP) is 5.80. The number of likely N-dealkylation sites (tertiary alicyclic amines) is 1. The van der Waals surface area contributed by atoms with E-state index >= 15 is 0 Å². The maximum atomic E-state index is 13.9. The summed E-state index contributed by atoms with van der Waals surface area (Å²) >= 11 is 0. The number of esters is 1. The lowest BCUT2D eigenvalue weighted by molar-refractivity contribution is -0.151. The van der Waals surface area contributed by atoms with Gasteiger partial charge in [0.05, 0.1) is 0 Å². The van der Waals surface area contributed by atoms with Gasteiger partial charge in [-0.2, -0.15) is 0 Å². The molecule has 0 aliphatic carbocycles. The highest BCUT2D eigenvalue weighted by Gasteiger charge is 2.47. The SMILES string of the molecule is CC(=O)Oc1c(C)c(C)c2c(c1C)CCC(C)(C(=O)N1CCC(C(O)(c3ccccc3)c3ccccc3)CC1)O2. The van der Waals surface area contributed by atoms with Gasteiger partial charge in [-0.15, -0.1) is 0 Å². The van der Waals surface area contributed by atoms with Crippen LogP contribution >= 0.6 is 0 Å². The van der Waals surface area contributed by atoms with E-state index < -0.39 is 11.2 Å². The van der Waals surface area contributed by atoms with Gasteiger partial charge in [0.25, 0.3) is 5.91 Å². The van der Waals surface area contributed by atoms with Gasteiger partial charge in [-0.1, -0.05) is 60.7 Å². The third-order valence-corrected chi connectivity index (χ3v) is 8.99. The highest BCUT2D eigenvalue weighted by Crippen LogP contribution is 2.46. The Morgan fingerprint density at radius 3 is 2.00 bits per heavy atom. The van der Waals surface area contributed by atoms with Gasteiger partial charge in [0.1, 0.15) is 17.1 Å². The van der Waals surface area contributed by atoms with Gasteiger partial charge in [-0.25, -0.2) is 0 Å². The minimum absolute atomic E-state index is 0.0154. The van der Waals surface area contributed by atoms with Crippen molar-refractivity contribution < 1.29 is 24.2 Å². The lowest BCUT2D eigenvalue weighted by atomic mass is 9.72. The Balaban J connectivity index is 1.36. The van der Waals surface area contributed by atoms with Crippen LogP contribution in [0.25, 0.3) is 0 Å². The second kappa shape index (κ2) is 10.7. The topological polar surface area (TPSA) is 76.1 Å². The van der Waals surface area contributed by atoms with Gasteiger partial charge >= 0.3 is 5.97 Å². The summed E-state index contributed by atoms with van der Waals surface area (Å²) < 4.78 is 12.1. The van der Waals surface area contributed by atoms with Crippen LogP contribution < -0.4 is 9.47 Å². The van der Waals surface area contributed by atoms with E-state index in [1.165, 1.54) is 6.92 Å². The Bertz CT molecular complexity index is 1370. The molecule has 5 rings (SSSR count). The molecule has 0 spiro atoms. The Labute approximate surface area is 236 Å². The number of hydrogen-bond acceptors (Lipinski definition) is 5. The van der Waals surface area contributed by atoms with Crippen LogP contribution in [0, 0.1) is 26.7 Å². The molecule has 1 unspecified atom stereocenters. The number of hydrogen-bond donors (Lipinski definition) is 1. The van der Waals surface area contributed by atoms with E-state index in [-0.39, 0.29) is 17.8 Å². The van der Waals surface area contributed by atoms with Gasteiger partial charge in [0.15, 0.2) is 5.60 Å². The molecule has 1 N–H and O–H groups in total. The summed E-state index contributed by atoms with van der Waals surface area (Å²) in [7, 11) is 0. The summed E-state index contributed by atoms with van der Waals surface area (Å²) in [6.45, 7) is 10.2. The lowest BCUT2D eigenvalue weighted by Gasteiger charge is -2.45. The molecule has 1 fully saturated rings. The largest absolute Gasteiger partial charge is 0.477 e. The minimum atomic E-state index is -1.13. The molecule has 0 aromatic heterocycles. The lowest BCUT2D eigenvalue weighted by Crippen LogP contribution is -2.55. The molecule has 0 saturated carbocycles. The van der Waals surface area contributed by atoms with Crippen molar-refractivity contribution in [2.45, 2.75) is 71.5 Å². The molecule has 3 aromatic carbocycles. The van der Waals surface area contributed by atoms with Gasteiger partial charge < -0.3 is 19.5 Å². The van der Waals surface area contributed by atoms with Crippen molar-refractivity contribution >= 4 is 11.9 Å². The van der Waals surface area contributed by atoms with Crippen LogP contribution in [0.3, 0.4) is 0 Å². The number of carbonyl (C=O) groups excluding carboxylic acids is 2. The standard InChI is InChI=1S/C34H39NO5/c1-22-23(2)31-29(24(3)30(22)39-25(4)36)16-19-33(5,40-31)32(37)35-20-17-28(18-21-35)34(38,26-12-8-6-9-13-26)27-14-10-7-11-15-27/h6-15,28,38H,16-21H2,1-5H3. The maximum absolute atomic E-state index is 13.9. The van der Waals surface area contributed by atoms with E-state index in [0.29, 0.717) is 44.5 Å². The van der Waals surface area contributed by atoms with Crippen LogP contribution in [0.1, 0.15) is 66.5 Å². The number of nitrogens with zero attached hydrogens (tertiary/aromatic N) is 1. The number of ether oxygens (including phenoxy) is 2. The van der Waals surface area contributed by atoms with E-state index in [1.807, 2.05) is 93.3 Å². The van der Waals surface area contributed by atoms with Gasteiger partial charge in [0, 0.05) is 32.0 Å². The van der Waals surface area contributed by atoms with Crippen LogP contribution in [0.15, 0.2) is 60.7 Å². The van der Waals surface area contributed by atoms with Gasteiger partial charge in [-0.05, 0) is 80.7 Å². The van der Waals surface area contributed by atoms with Crippen molar-refractivity contribution in [3.63, 3.8) is 0 Å². The average molecular weight is 542 g/mol. The van der Waals surface area contributed by atoms with Gasteiger partial charge in [0.2, 0.25) is 0 Å². The Morgan fingerprint density at radius 2 is 1.48 bits per heavy atom. The fourth-order valence-corrected chi connectivity index (χ4v) is 6.54. The first-order valence-electron chi connectivity index (χ1n) is 14.2. The zero-order valence-corrected chi connectivity index (χ0v) is 24.1. The average Bonchev–Trinajstić information content (AvgIpc) is 2.98. The highest BCUT2D eigenvalue weighted by atomic mass is 16.5. The normalized spacial score (nSPS) is 19.5. The maximum Gasteiger partial charge on any atom is 0.308 e. The molecule has 2 aliphatic rings. The second-order valence-corrected chi connectivity index (χ2v) is 11.5. The third kappa shape index (κ3) is 4.79. The molecule has 2 aliphatic heterocycles. The Morgan fingerprint density at radius 1 is 0.925 bits per heavy atom. The molecule has 0 bridgehead atoms. The van der Waals surface area contributed by atoms with Crippen LogP contribution in [0.4, 0.5) is 0 Å². The van der Waals surface area contributed by atoms with Crippen LogP contribution in [0.5, 0.6) is 11.5 Å². The molecule has 1 saturated heterocycles. The van der Waals surface area contributed by atoms with Crippen molar-refractivity contribution in [3.05, 3.63) is 94.0 Å². The van der Waals surface area contributed by atoms with Crippen molar-refractivity contribution in [2.75, 3.05) is 13.1 Å². The number of piperidine rings is 1. The Hall–Kier alpha value is -3.64. The summed E-state index contributed by atoms with van der Waals surface area (Å²) in [6, 6.07) is 19.7. The van der Waals surface area contributed by atoms with Crippen molar-refractivity contribution in [1.82, 2.24) is 4.90 Å². The van der Waals surface area contributed by atoms with Crippen molar-refractivity contribution in [3.8, 4) is 11.5 Å². The van der Waals surface area contributed by atoms with Crippen LogP contribution in [-0.4, -0.2) is 40.6 Å². The molecule has 210 valence electrons. The number of amides is 1. The van der Waals surface area contributed by atoms with Crippen LogP contribution in [0.2, 0.25) is 0 Å². The highest BCUT2D eigenvalue weighted by molar-refractivity contribution is 5.86.